The Bertz CT molecular complexity index is 643. The van der Waals surface area contributed by atoms with Gasteiger partial charge < -0.3 is 5.32 Å². The lowest BCUT2D eigenvalue weighted by atomic mass is 9.62. The molecule has 0 radical (unpaired) electrons. The number of hydrogen-bond acceptors (Lipinski definition) is 4. The fourth-order valence-electron chi connectivity index (χ4n) is 3.54. The summed E-state index contributed by atoms with van der Waals surface area (Å²) in [6.45, 7) is 0. The largest absolute Gasteiger partial charge is 0.310 e. The van der Waals surface area contributed by atoms with E-state index < -0.39 is 15.3 Å². The van der Waals surface area contributed by atoms with Crippen LogP contribution >= 0.6 is 0 Å². The SMILES string of the molecule is N#CC1(c2ccccc2)CC(NC2CCCS(=O)(=O)C2)C1. The van der Waals surface area contributed by atoms with Gasteiger partial charge in [0.15, 0.2) is 9.84 Å². The van der Waals surface area contributed by atoms with Crippen molar-refractivity contribution >= 4 is 9.84 Å². The maximum absolute atomic E-state index is 11.7. The highest BCUT2D eigenvalue weighted by Crippen LogP contribution is 2.43. The zero-order chi connectivity index (χ0) is 14.9. The van der Waals surface area contributed by atoms with Gasteiger partial charge in [0, 0.05) is 12.1 Å². The van der Waals surface area contributed by atoms with E-state index in [4.69, 9.17) is 0 Å². The molecule has 1 heterocycles. The van der Waals surface area contributed by atoms with Crippen LogP contribution in [0.3, 0.4) is 0 Å². The van der Waals surface area contributed by atoms with Crippen molar-refractivity contribution in [2.45, 2.75) is 43.2 Å². The molecule has 1 aliphatic carbocycles. The van der Waals surface area contributed by atoms with Crippen LogP contribution in [0, 0.1) is 11.3 Å². The number of nitriles is 1. The summed E-state index contributed by atoms with van der Waals surface area (Å²) in [6.07, 6.45) is 3.20. The van der Waals surface area contributed by atoms with Gasteiger partial charge in [-0.05, 0) is 31.2 Å². The van der Waals surface area contributed by atoms with Gasteiger partial charge in [-0.25, -0.2) is 8.42 Å². The van der Waals surface area contributed by atoms with E-state index in [1.54, 1.807) is 0 Å². The Hall–Kier alpha value is -1.38. The lowest BCUT2D eigenvalue weighted by molar-refractivity contribution is 0.209. The zero-order valence-electron chi connectivity index (χ0n) is 12.0. The molecule has 2 fully saturated rings. The van der Waals surface area contributed by atoms with E-state index in [2.05, 4.69) is 11.4 Å². The molecule has 112 valence electrons. The van der Waals surface area contributed by atoms with Crippen molar-refractivity contribution in [1.29, 1.82) is 5.26 Å². The van der Waals surface area contributed by atoms with E-state index in [9.17, 15) is 13.7 Å². The molecule has 4 nitrogen and oxygen atoms in total. The monoisotopic (exact) mass is 304 g/mol. The van der Waals surface area contributed by atoms with E-state index in [0.717, 1.165) is 31.2 Å². The predicted octanol–water partition coefficient (Wildman–Crippen LogP) is 1.78. The van der Waals surface area contributed by atoms with Crippen molar-refractivity contribution in [2.24, 2.45) is 0 Å². The van der Waals surface area contributed by atoms with Crippen LogP contribution in [-0.2, 0) is 15.3 Å². The molecular formula is C16H20N2O2S. The fourth-order valence-corrected chi connectivity index (χ4v) is 5.18. The first kappa shape index (κ1) is 14.6. The van der Waals surface area contributed by atoms with Crippen molar-refractivity contribution in [3.63, 3.8) is 0 Å². The van der Waals surface area contributed by atoms with Crippen LogP contribution in [0.5, 0.6) is 0 Å². The lowest BCUT2D eigenvalue weighted by Crippen LogP contribution is -2.55. The second-order valence-electron chi connectivity index (χ2n) is 6.29. The lowest BCUT2D eigenvalue weighted by Gasteiger charge is -2.45. The molecule has 1 aliphatic heterocycles. The van der Waals surface area contributed by atoms with Gasteiger partial charge in [-0.3, -0.25) is 0 Å². The van der Waals surface area contributed by atoms with E-state index in [-0.39, 0.29) is 17.8 Å². The van der Waals surface area contributed by atoms with Crippen LogP contribution in [0.15, 0.2) is 30.3 Å². The van der Waals surface area contributed by atoms with E-state index in [1.807, 2.05) is 30.3 Å². The maximum Gasteiger partial charge on any atom is 0.151 e. The van der Waals surface area contributed by atoms with Crippen LogP contribution in [-0.4, -0.2) is 32.0 Å². The highest BCUT2D eigenvalue weighted by molar-refractivity contribution is 7.91. The molecule has 0 spiro atoms. The summed E-state index contributed by atoms with van der Waals surface area (Å²) >= 11 is 0. The Balaban J connectivity index is 1.61. The summed E-state index contributed by atoms with van der Waals surface area (Å²) in [5.41, 5.74) is 0.675. The summed E-state index contributed by atoms with van der Waals surface area (Å²) < 4.78 is 23.3. The van der Waals surface area contributed by atoms with E-state index >= 15 is 0 Å². The Morgan fingerprint density at radius 2 is 1.90 bits per heavy atom. The molecule has 0 amide bonds. The summed E-state index contributed by atoms with van der Waals surface area (Å²) in [5.74, 6) is 0.566. The minimum atomic E-state index is -2.88. The van der Waals surface area contributed by atoms with Crippen molar-refractivity contribution in [3.05, 3.63) is 35.9 Å². The highest BCUT2D eigenvalue weighted by Gasteiger charge is 2.46. The molecule has 2 aliphatic rings. The maximum atomic E-state index is 11.7. The normalized spacial score (nSPS) is 34.6. The first-order valence-corrected chi connectivity index (χ1v) is 9.28. The van der Waals surface area contributed by atoms with Gasteiger partial charge in [-0.2, -0.15) is 5.26 Å². The van der Waals surface area contributed by atoms with Crippen molar-refractivity contribution in [3.8, 4) is 6.07 Å². The molecule has 0 aromatic heterocycles. The first-order chi connectivity index (χ1) is 10.0. The smallest absolute Gasteiger partial charge is 0.151 e. The molecule has 3 rings (SSSR count). The number of nitrogens with one attached hydrogen (secondary N) is 1. The topological polar surface area (TPSA) is 70.0 Å². The molecule has 1 aromatic rings. The van der Waals surface area contributed by atoms with E-state index in [0.29, 0.717) is 5.75 Å². The van der Waals surface area contributed by atoms with Gasteiger partial charge in [0.25, 0.3) is 0 Å². The predicted molar refractivity (Wildman–Crippen MR) is 81.6 cm³/mol. The summed E-state index contributed by atoms with van der Waals surface area (Å²) in [5, 5.41) is 13.0. The molecule has 1 N–H and O–H groups in total. The van der Waals surface area contributed by atoms with Gasteiger partial charge in [-0.15, -0.1) is 0 Å². The van der Waals surface area contributed by atoms with Crippen LogP contribution in [0.4, 0.5) is 0 Å². The van der Waals surface area contributed by atoms with Gasteiger partial charge in [0.05, 0.1) is 23.0 Å². The minimum Gasteiger partial charge on any atom is -0.310 e. The number of nitrogens with zero attached hydrogens (tertiary/aromatic N) is 1. The molecule has 1 atom stereocenters. The van der Waals surface area contributed by atoms with Crippen LogP contribution < -0.4 is 5.32 Å². The van der Waals surface area contributed by atoms with Crippen molar-refractivity contribution in [2.75, 3.05) is 11.5 Å². The minimum absolute atomic E-state index is 0.0567. The fraction of sp³-hybridized carbons (Fsp3) is 0.562. The van der Waals surface area contributed by atoms with Crippen molar-refractivity contribution in [1.82, 2.24) is 5.32 Å². The Kier molecular flexibility index (Phi) is 3.76. The quantitative estimate of drug-likeness (QED) is 0.924. The summed E-state index contributed by atoms with van der Waals surface area (Å²) in [6, 6.07) is 12.7. The zero-order valence-corrected chi connectivity index (χ0v) is 12.8. The van der Waals surface area contributed by atoms with Crippen LogP contribution in [0.2, 0.25) is 0 Å². The van der Waals surface area contributed by atoms with Gasteiger partial charge >= 0.3 is 0 Å². The first-order valence-electron chi connectivity index (χ1n) is 7.46. The highest BCUT2D eigenvalue weighted by atomic mass is 32.2. The van der Waals surface area contributed by atoms with Crippen LogP contribution in [0.1, 0.15) is 31.2 Å². The van der Waals surface area contributed by atoms with Gasteiger partial charge in [0.2, 0.25) is 0 Å². The van der Waals surface area contributed by atoms with Crippen molar-refractivity contribution < 1.29 is 8.42 Å². The number of hydrogen-bond donors (Lipinski definition) is 1. The third kappa shape index (κ3) is 2.97. The molecule has 0 bridgehead atoms. The molecular weight excluding hydrogens is 284 g/mol. The third-order valence-electron chi connectivity index (χ3n) is 4.66. The molecule has 1 saturated heterocycles. The molecule has 1 saturated carbocycles. The Morgan fingerprint density at radius 3 is 2.52 bits per heavy atom. The second kappa shape index (κ2) is 5.43. The van der Waals surface area contributed by atoms with Crippen LogP contribution in [0.25, 0.3) is 0 Å². The van der Waals surface area contributed by atoms with E-state index in [1.165, 1.54) is 0 Å². The molecule has 21 heavy (non-hydrogen) atoms. The van der Waals surface area contributed by atoms with Gasteiger partial charge in [0.1, 0.15) is 0 Å². The molecule has 1 aromatic carbocycles. The average Bonchev–Trinajstić information content (AvgIpc) is 2.42. The molecule has 5 heteroatoms. The standard InChI is InChI=1S/C16H20N2O2S/c17-12-16(13-5-2-1-3-6-13)9-15(10-16)18-14-7-4-8-21(19,20)11-14/h1-3,5-6,14-15,18H,4,7-11H2. The third-order valence-corrected chi connectivity index (χ3v) is 6.49. The van der Waals surface area contributed by atoms with Gasteiger partial charge in [-0.1, -0.05) is 30.3 Å². The number of sulfone groups is 1. The number of benzene rings is 1. The summed E-state index contributed by atoms with van der Waals surface area (Å²) in [7, 11) is -2.88. The Morgan fingerprint density at radius 1 is 1.19 bits per heavy atom. The Labute approximate surface area is 126 Å². The second-order valence-corrected chi connectivity index (χ2v) is 8.51. The average molecular weight is 304 g/mol. The summed E-state index contributed by atoms with van der Waals surface area (Å²) in [4.78, 5) is 0. The number of rotatable bonds is 3. The molecule has 1 unspecified atom stereocenters.